The van der Waals surface area contributed by atoms with E-state index in [2.05, 4.69) is 22.5 Å². The van der Waals surface area contributed by atoms with Crippen LogP contribution in [0.5, 0.6) is 0 Å². The molecule has 0 heterocycles. The lowest BCUT2D eigenvalue weighted by atomic mass is 10.1. The number of ether oxygens (including phenoxy) is 1. The fourth-order valence-corrected chi connectivity index (χ4v) is 2.58. The highest BCUT2D eigenvalue weighted by molar-refractivity contribution is 7.90. The van der Waals surface area contributed by atoms with Crippen molar-refractivity contribution >= 4 is 15.8 Å². The number of nitrogens with zero attached hydrogens (tertiary/aromatic N) is 1. The van der Waals surface area contributed by atoms with E-state index in [0.29, 0.717) is 13.2 Å². The second kappa shape index (κ2) is 15.7. The van der Waals surface area contributed by atoms with Gasteiger partial charge in [-0.05, 0) is 13.3 Å². The Morgan fingerprint density at radius 1 is 0.958 bits per heavy atom. The maximum absolute atomic E-state index is 11.0. The third kappa shape index (κ3) is 17.5. The van der Waals surface area contributed by atoms with Gasteiger partial charge in [-0.2, -0.15) is 0 Å². The maximum Gasteiger partial charge on any atom is 0.191 e. The second-order valence-electron chi connectivity index (χ2n) is 6.05. The van der Waals surface area contributed by atoms with Crippen LogP contribution in [0, 0.1) is 0 Å². The van der Waals surface area contributed by atoms with Crippen molar-refractivity contribution in [2.75, 3.05) is 44.9 Å². The van der Waals surface area contributed by atoms with Crippen molar-refractivity contribution in [3.05, 3.63) is 0 Å². The second-order valence-corrected chi connectivity index (χ2v) is 8.31. The predicted octanol–water partition coefficient (Wildman–Crippen LogP) is 2.35. The molecule has 0 bridgehead atoms. The largest absolute Gasteiger partial charge is 0.379 e. The molecule has 0 aliphatic rings. The fraction of sp³-hybridized carbons (Fsp3) is 0.941. The van der Waals surface area contributed by atoms with Crippen molar-refractivity contribution in [3.8, 4) is 0 Å². The predicted molar refractivity (Wildman–Crippen MR) is 103 cm³/mol. The van der Waals surface area contributed by atoms with Crippen molar-refractivity contribution in [1.82, 2.24) is 10.6 Å². The Morgan fingerprint density at radius 2 is 1.62 bits per heavy atom. The number of nitrogens with one attached hydrogen (secondary N) is 2. The summed E-state index contributed by atoms with van der Waals surface area (Å²) in [5, 5.41) is 6.41. The van der Waals surface area contributed by atoms with E-state index in [4.69, 9.17) is 4.74 Å². The van der Waals surface area contributed by atoms with Gasteiger partial charge in [0.2, 0.25) is 0 Å². The molecular weight excluding hydrogens is 326 g/mol. The molecule has 0 aliphatic heterocycles. The van der Waals surface area contributed by atoms with Crippen LogP contribution in [0.2, 0.25) is 0 Å². The summed E-state index contributed by atoms with van der Waals surface area (Å²) in [6, 6.07) is 0. The molecule has 0 radical (unpaired) electrons. The van der Waals surface area contributed by atoms with Crippen LogP contribution >= 0.6 is 0 Å². The highest BCUT2D eigenvalue weighted by atomic mass is 32.2. The number of unbranched alkanes of at least 4 members (excludes halogenated alkanes) is 6. The molecule has 0 spiro atoms. The first-order valence-corrected chi connectivity index (χ1v) is 11.3. The zero-order valence-electron chi connectivity index (χ0n) is 15.8. The number of hydrogen-bond acceptors (Lipinski definition) is 4. The number of sulfone groups is 1. The summed E-state index contributed by atoms with van der Waals surface area (Å²) in [6.45, 7) is 7.25. The van der Waals surface area contributed by atoms with E-state index in [0.717, 1.165) is 25.5 Å². The molecule has 0 aliphatic carbocycles. The summed E-state index contributed by atoms with van der Waals surface area (Å²) < 4.78 is 27.3. The van der Waals surface area contributed by atoms with Crippen LogP contribution in [0.3, 0.4) is 0 Å². The first kappa shape index (κ1) is 23.2. The van der Waals surface area contributed by atoms with Crippen LogP contribution in [0.1, 0.15) is 58.8 Å². The van der Waals surface area contributed by atoms with Crippen molar-refractivity contribution < 1.29 is 13.2 Å². The van der Waals surface area contributed by atoms with Gasteiger partial charge in [0.1, 0.15) is 9.84 Å². The van der Waals surface area contributed by atoms with Crippen LogP contribution in [0.15, 0.2) is 4.99 Å². The Kier molecular flexibility index (Phi) is 15.2. The van der Waals surface area contributed by atoms with Crippen LogP contribution < -0.4 is 10.6 Å². The first-order chi connectivity index (χ1) is 11.5. The minimum atomic E-state index is -2.94. The molecule has 7 heteroatoms. The van der Waals surface area contributed by atoms with E-state index < -0.39 is 9.84 Å². The van der Waals surface area contributed by atoms with Crippen LogP contribution in [0.25, 0.3) is 0 Å². The van der Waals surface area contributed by atoms with E-state index in [1.807, 2.05) is 6.92 Å². The smallest absolute Gasteiger partial charge is 0.191 e. The minimum Gasteiger partial charge on any atom is -0.379 e. The van der Waals surface area contributed by atoms with E-state index in [9.17, 15) is 8.42 Å². The zero-order chi connectivity index (χ0) is 18.1. The summed E-state index contributed by atoms with van der Waals surface area (Å²) in [7, 11) is -2.94. The van der Waals surface area contributed by atoms with Gasteiger partial charge in [-0.15, -0.1) is 0 Å². The zero-order valence-corrected chi connectivity index (χ0v) is 16.6. The molecule has 0 amide bonds. The van der Waals surface area contributed by atoms with Gasteiger partial charge in [-0.3, -0.25) is 4.99 Å². The van der Waals surface area contributed by atoms with Gasteiger partial charge in [-0.25, -0.2) is 8.42 Å². The fourth-order valence-electron chi connectivity index (χ4n) is 2.16. The third-order valence-corrected chi connectivity index (χ3v) is 4.42. The number of guanidine groups is 1. The Hall–Kier alpha value is -0.820. The van der Waals surface area contributed by atoms with Crippen molar-refractivity contribution in [1.29, 1.82) is 0 Å². The topological polar surface area (TPSA) is 79.8 Å². The minimum absolute atomic E-state index is 0.0689. The Labute approximate surface area is 148 Å². The molecule has 144 valence electrons. The molecule has 2 N–H and O–H groups in total. The highest BCUT2D eigenvalue weighted by Crippen LogP contribution is 2.06. The highest BCUT2D eigenvalue weighted by Gasteiger charge is 2.01. The standard InChI is InChI=1S/C17H37N3O3S/c1-4-6-7-8-9-10-11-12-19-17(18-5-2)20-13-14-23-15-16-24(3,21)22/h4-16H2,1-3H3,(H2,18,19,20). The third-order valence-electron chi connectivity index (χ3n) is 3.51. The quantitative estimate of drug-likeness (QED) is 0.265. The Bertz CT molecular complexity index is 411. The van der Waals surface area contributed by atoms with Gasteiger partial charge < -0.3 is 15.4 Å². The molecule has 0 atom stereocenters. The van der Waals surface area contributed by atoms with Gasteiger partial charge in [-0.1, -0.05) is 45.4 Å². The lowest BCUT2D eigenvalue weighted by molar-refractivity contribution is 0.154. The van der Waals surface area contributed by atoms with Crippen molar-refractivity contribution in [3.63, 3.8) is 0 Å². The molecule has 0 aromatic rings. The summed E-state index contributed by atoms with van der Waals surface area (Å²) in [5.41, 5.74) is 0. The molecule has 0 unspecified atom stereocenters. The molecule has 6 nitrogen and oxygen atoms in total. The van der Waals surface area contributed by atoms with E-state index >= 15 is 0 Å². The SMILES string of the molecule is CCCCCCCCCN=C(NCC)NCCOCCS(C)(=O)=O. The van der Waals surface area contributed by atoms with E-state index in [1.54, 1.807) is 0 Å². The molecule has 0 saturated heterocycles. The summed E-state index contributed by atoms with van der Waals surface area (Å²) >= 11 is 0. The Balaban J connectivity index is 3.71. The van der Waals surface area contributed by atoms with Crippen LogP contribution in [-0.2, 0) is 14.6 Å². The molecule has 0 rings (SSSR count). The monoisotopic (exact) mass is 363 g/mol. The average Bonchev–Trinajstić information content (AvgIpc) is 2.52. The van der Waals surface area contributed by atoms with Gasteiger partial charge in [0.25, 0.3) is 0 Å². The summed E-state index contributed by atoms with van der Waals surface area (Å²) in [4.78, 5) is 4.55. The molecule has 0 fully saturated rings. The van der Waals surface area contributed by atoms with Gasteiger partial charge in [0.05, 0.1) is 19.0 Å². The first-order valence-electron chi connectivity index (χ1n) is 9.27. The van der Waals surface area contributed by atoms with Crippen molar-refractivity contribution in [2.45, 2.75) is 58.8 Å². The molecule has 0 saturated carbocycles. The molecule has 24 heavy (non-hydrogen) atoms. The normalized spacial score (nSPS) is 12.4. The van der Waals surface area contributed by atoms with Gasteiger partial charge in [0.15, 0.2) is 5.96 Å². The van der Waals surface area contributed by atoms with Gasteiger partial charge >= 0.3 is 0 Å². The van der Waals surface area contributed by atoms with Crippen molar-refractivity contribution in [2.24, 2.45) is 4.99 Å². The number of aliphatic imine (C=N–C) groups is 1. The lowest BCUT2D eigenvalue weighted by Crippen LogP contribution is -2.39. The number of hydrogen-bond donors (Lipinski definition) is 2. The summed E-state index contributed by atoms with van der Waals surface area (Å²) in [5.74, 6) is 0.870. The molecule has 0 aromatic heterocycles. The van der Waals surface area contributed by atoms with Gasteiger partial charge in [0, 0.05) is 25.9 Å². The van der Waals surface area contributed by atoms with E-state index in [-0.39, 0.29) is 12.4 Å². The lowest BCUT2D eigenvalue weighted by Gasteiger charge is -2.11. The maximum atomic E-state index is 11.0. The van der Waals surface area contributed by atoms with E-state index in [1.165, 1.54) is 44.8 Å². The van der Waals surface area contributed by atoms with Crippen LogP contribution in [-0.4, -0.2) is 59.2 Å². The molecule has 0 aromatic carbocycles. The number of rotatable bonds is 15. The average molecular weight is 364 g/mol. The Morgan fingerprint density at radius 3 is 2.25 bits per heavy atom. The van der Waals surface area contributed by atoms with Crippen LogP contribution in [0.4, 0.5) is 0 Å². The summed E-state index contributed by atoms with van der Waals surface area (Å²) in [6.07, 6.45) is 10.2. The molecular formula is C17H37N3O3S.